The molecule has 0 N–H and O–H groups in total. The van der Waals surface area contributed by atoms with Crippen LogP contribution in [0.25, 0.3) is 16.7 Å². The Balaban J connectivity index is 1.97. The number of hydrogen-bond donors (Lipinski definition) is 0. The van der Waals surface area contributed by atoms with Crippen LogP contribution in [0.4, 0.5) is 0 Å². The number of ether oxygens (including phenoxy) is 2. The van der Waals surface area contributed by atoms with Crippen LogP contribution in [0.5, 0.6) is 5.75 Å². The second-order valence-electron chi connectivity index (χ2n) is 7.06. The number of cyclic esters (lactones) is 1. The van der Waals surface area contributed by atoms with Gasteiger partial charge in [0, 0.05) is 16.7 Å². The van der Waals surface area contributed by atoms with Crippen LogP contribution in [0.2, 0.25) is 0 Å². The summed E-state index contributed by atoms with van der Waals surface area (Å²) in [5.74, 6) is 0.568. The Morgan fingerprint density at radius 3 is 2.48 bits per heavy atom. The minimum atomic E-state index is -0.211. The maximum Gasteiger partial charge on any atom is 0.334 e. The third kappa shape index (κ3) is 4.24. The molecule has 2 aromatic carbocycles. The molecule has 3 nitrogen and oxygen atoms in total. The minimum Gasteiger partial charge on any atom is -0.496 e. The molecule has 1 unspecified atom stereocenters. The van der Waals surface area contributed by atoms with Gasteiger partial charge in [0.25, 0.3) is 0 Å². The molecule has 27 heavy (non-hydrogen) atoms. The molecular weight excluding hydrogens is 336 g/mol. The Morgan fingerprint density at radius 1 is 1.00 bits per heavy atom. The lowest BCUT2D eigenvalue weighted by atomic mass is 9.91. The van der Waals surface area contributed by atoms with E-state index < -0.39 is 0 Å². The van der Waals surface area contributed by atoms with E-state index >= 15 is 0 Å². The summed E-state index contributed by atoms with van der Waals surface area (Å²) < 4.78 is 11.3. The predicted octanol–water partition coefficient (Wildman–Crippen LogP) is 6.03. The standard InChI is InChI=1S/C24H28O3/c1-4-5-6-10-13-22-23(17(2)24(25)27-22)20-16-19(14-15-21(20)26-3)18-11-8-7-9-12-18/h7-9,11-12,14-16,22H,4-6,10,13H2,1-3H3. The van der Waals surface area contributed by atoms with Crippen LogP contribution < -0.4 is 4.74 Å². The van der Waals surface area contributed by atoms with Crippen LogP contribution >= 0.6 is 0 Å². The Bertz CT molecular complexity index is 821. The van der Waals surface area contributed by atoms with E-state index in [1.165, 1.54) is 12.8 Å². The third-order valence-electron chi connectivity index (χ3n) is 5.20. The fourth-order valence-corrected chi connectivity index (χ4v) is 3.69. The van der Waals surface area contributed by atoms with Gasteiger partial charge >= 0.3 is 5.97 Å². The normalized spacial score (nSPS) is 16.6. The van der Waals surface area contributed by atoms with E-state index in [-0.39, 0.29) is 12.1 Å². The maximum absolute atomic E-state index is 12.3. The molecule has 3 heteroatoms. The smallest absolute Gasteiger partial charge is 0.334 e. The Labute approximate surface area is 162 Å². The van der Waals surface area contributed by atoms with Crippen molar-refractivity contribution in [3.8, 4) is 16.9 Å². The molecule has 0 spiro atoms. The van der Waals surface area contributed by atoms with Crippen LogP contribution in [0.3, 0.4) is 0 Å². The summed E-state index contributed by atoms with van der Waals surface area (Å²) in [7, 11) is 1.67. The van der Waals surface area contributed by atoms with E-state index in [0.29, 0.717) is 5.57 Å². The first-order chi connectivity index (χ1) is 13.2. The summed E-state index contributed by atoms with van der Waals surface area (Å²) in [6.07, 6.45) is 5.30. The van der Waals surface area contributed by atoms with Crippen LogP contribution in [0.1, 0.15) is 51.5 Å². The monoisotopic (exact) mass is 364 g/mol. The third-order valence-corrected chi connectivity index (χ3v) is 5.20. The van der Waals surface area contributed by atoms with Crippen molar-refractivity contribution in [1.29, 1.82) is 0 Å². The van der Waals surface area contributed by atoms with E-state index in [0.717, 1.165) is 47.3 Å². The summed E-state index contributed by atoms with van der Waals surface area (Å²) in [4.78, 5) is 12.3. The number of unbranched alkanes of at least 4 members (excludes halogenated alkanes) is 3. The molecule has 0 aliphatic carbocycles. The van der Waals surface area contributed by atoms with Crippen LogP contribution in [0.15, 0.2) is 54.1 Å². The molecule has 0 bridgehead atoms. The lowest BCUT2D eigenvalue weighted by Crippen LogP contribution is -2.12. The van der Waals surface area contributed by atoms with Gasteiger partial charge in [-0.05, 0) is 43.0 Å². The van der Waals surface area contributed by atoms with Gasteiger partial charge in [-0.15, -0.1) is 0 Å². The molecule has 142 valence electrons. The second kappa shape index (κ2) is 8.90. The van der Waals surface area contributed by atoms with Gasteiger partial charge in [0.15, 0.2) is 0 Å². The topological polar surface area (TPSA) is 35.5 Å². The SMILES string of the molecule is CCCCCCC1OC(=O)C(C)=C1c1cc(-c2ccccc2)ccc1OC. The van der Waals surface area contributed by atoms with Crippen molar-refractivity contribution in [3.05, 3.63) is 59.7 Å². The number of rotatable bonds is 8. The highest BCUT2D eigenvalue weighted by Gasteiger charge is 2.33. The van der Waals surface area contributed by atoms with Crippen molar-refractivity contribution >= 4 is 11.5 Å². The van der Waals surface area contributed by atoms with Crippen LogP contribution in [-0.2, 0) is 9.53 Å². The maximum atomic E-state index is 12.3. The molecule has 0 saturated heterocycles. The second-order valence-corrected chi connectivity index (χ2v) is 7.06. The fourth-order valence-electron chi connectivity index (χ4n) is 3.69. The van der Waals surface area contributed by atoms with Crippen LogP contribution in [-0.4, -0.2) is 19.2 Å². The van der Waals surface area contributed by atoms with Crippen molar-refractivity contribution in [2.45, 2.75) is 52.1 Å². The quantitative estimate of drug-likeness (QED) is 0.424. The van der Waals surface area contributed by atoms with Crippen LogP contribution in [0, 0.1) is 0 Å². The van der Waals surface area contributed by atoms with Gasteiger partial charge in [-0.3, -0.25) is 0 Å². The predicted molar refractivity (Wildman–Crippen MR) is 110 cm³/mol. The van der Waals surface area contributed by atoms with Crippen molar-refractivity contribution < 1.29 is 14.3 Å². The zero-order valence-corrected chi connectivity index (χ0v) is 16.5. The summed E-state index contributed by atoms with van der Waals surface area (Å²) in [5.41, 5.74) is 4.88. The highest BCUT2D eigenvalue weighted by atomic mass is 16.5. The molecule has 1 aliphatic heterocycles. The highest BCUT2D eigenvalue weighted by molar-refractivity contribution is 6.03. The molecule has 0 saturated carbocycles. The number of esters is 1. The Kier molecular flexibility index (Phi) is 6.33. The highest BCUT2D eigenvalue weighted by Crippen LogP contribution is 2.40. The lowest BCUT2D eigenvalue weighted by Gasteiger charge is -2.18. The first kappa shape index (κ1) is 19.2. The average Bonchev–Trinajstić information content (AvgIpc) is 2.99. The van der Waals surface area contributed by atoms with Gasteiger partial charge in [-0.1, -0.05) is 62.6 Å². The molecule has 2 aromatic rings. The molecule has 0 fully saturated rings. The summed E-state index contributed by atoms with van der Waals surface area (Å²) in [6.45, 7) is 4.06. The zero-order valence-electron chi connectivity index (χ0n) is 16.5. The lowest BCUT2D eigenvalue weighted by molar-refractivity contribution is -0.139. The number of benzene rings is 2. The van der Waals surface area contributed by atoms with E-state index in [9.17, 15) is 4.79 Å². The first-order valence-corrected chi connectivity index (χ1v) is 9.81. The molecule has 0 radical (unpaired) electrons. The van der Waals surface area contributed by atoms with E-state index in [4.69, 9.17) is 9.47 Å². The van der Waals surface area contributed by atoms with Crippen molar-refractivity contribution in [1.82, 2.24) is 0 Å². The minimum absolute atomic E-state index is 0.186. The largest absolute Gasteiger partial charge is 0.496 e. The van der Waals surface area contributed by atoms with Gasteiger partial charge in [0.1, 0.15) is 11.9 Å². The molecule has 1 aliphatic rings. The van der Waals surface area contributed by atoms with Gasteiger partial charge in [0.2, 0.25) is 0 Å². The summed E-state index contributed by atoms with van der Waals surface area (Å²) >= 11 is 0. The molecule has 1 atom stereocenters. The Hall–Kier alpha value is -2.55. The number of carbonyl (C=O) groups is 1. The number of hydrogen-bond acceptors (Lipinski definition) is 3. The van der Waals surface area contributed by atoms with E-state index in [2.05, 4.69) is 31.2 Å². The zero-order chi connectivity index (χ0) is 19.2. The summed E-state index contributed by atoms with van der Waals surface area (Å²) in [6, 6.07) is 16.4. The molecule has 0 amide bonds. The fraction of sp³-hybridized carbons (Fsp3) is 0.375. The molecule has 1 heterocycles. The first-order valence-electron chi connectivity index (χ1n) is 9.81. The number of methoxy groups -OCH3 is 1. The molecule has 0 aromatic heterocycles. The van der Waals surface area contributed by atoms with Gasteiger partial charge in [-0.2, -0.15) is 0 Å². The molecule has 3 rings (SSSR count). The Morgan fingerprint density at radius 2 is 1.78 bits per heavy atom. The van der Waals surface area contributed by atoms with Gasteiger partial charge in [-0.25, -0.2) is 4.79 Å². The summed E-state index contributed by atoms with van der Waals surface area (Å²) in [5, 5.41) is 0. The van der Waals surface area contributed by atoms with Gasteiger partial charge < -0.3 is 9.47 Å². The molecular formula is C24H28O3. The van der Waals surface area contributed by atoms with E-state index in [1.54, 1.807) is 7.11 Å². The van der Waals surface area contributed by atoms with Gasteiger partial charge in [0.05, 0.1) is 7.11 Å². The van der Waals surface area contributed by atoms with Crippen molar-refractivity contribution in [2.75, 3.05) is 7.11 Å². The number of carbonyl (C=O) groups excluding carboxylic acids is 1. The average molecular weight is 364 g/mol. The van der Waals surface area contributed by atoms with E-state index in [1.807, 2.05) is 31.2 Å². The van der Waals surface area contributed by atoms with Crippen molar-refractivity contribution in [3.63, 3.8) is 0 Å². The van der Waals surface area contributed by atoms with Crippen molar-refractivity contribution in [2.24, 2.45) is 0 Å².